The highest BCUT2D eigenvalue weighted by Crippen LogP contribution is 1.97. The third-order valence-corrected chi connectivity index (χ3v) is 1.70. The minimum atomic E-state index is -1.10. The van der Waals surface area contributed by atoms with E-state index < -0.39 is 5.97 Å². The zero-order valence-corrected chi connectivity index (χ0v) is 7.61. The van der Waals surface area contributed by atoms with Crippen LogP contribution >= 0.6 is 0 Å². The molecule has 76 valence electrons. The Hall–Kier alpha value is -2.31. The van der Waals surface area contributed by atoms with Gasteiger partial charge in [0.15, 0.2) is 5.69 Å². The number of aromatic nitrogens is 5. The summed E-state index contributed by atoms with van der Waals surface area (Å²) >= 11 is 0. The number of carboxylic acid groups (broad SMARTS) is 1. The normalized spacial score (nSPS) is 10.1. The van der Waals surface area contributed by atoms with E-state index in [0.717, 1.165) is 0 Å². The van der Waals surface area contributed by atoms with Crippen molar-refractivity contribution in [2.24, 2.45) is 0 Å². The summed E-state index contributed by atoms with van der Waals surface area (Å²) < 4.78 is 1.40. The first kappa shape index (κ1) is 9.25. The summed E-state index contributed by atoms with van der Waals surface area (Å²) in [5.41, 5.74) is 0.609. The molecule has 0 aromatic carbocycles. The van der Waals surface area contributed by atoms with E-state index in [1.165, 1.54) is 10.9 Å². The highest BCUT2D eigenvalue weighted by Gasteiger charge is 2.08. The molecule has 0 amide bonds. The Morgan fingerprint density at radius 1 is 1.47 bits per heavy atom. The van der Waals surface area contributed by atoms with Crippen LogP contribution in [0.15, 0.2) is 24.8 Å². The second-order valence-electron chi connectivity index (χ2n) is 2.80. The van der Waals surface area contributed by atoms with Crippen molar-refractivity contribution in [2.75, 3.05) is 0 Å². The van der Waals surface area contributed by atoms with E-state index in [2.05, 4.69) is 20.3 Å². The van der Waals surface area contributed by atoms with E-state index in [-0.39, 0.29) is 5.69 Å². The number of hydrogen-bond acceptors (Lipinski definition) is 5. The Balaban J connectivity index is 2.15. The summed E-state index contributed by atoms with van der Waals surface area (Å²) in [6.45, 7) is 0.355. The highest BCUT2D eigenvalue weighted by molar-refractivity contribution is 5.84. The van der Waals surface area contributed by atoms with Gasteiger partial charge in [-0.05, 0) is 0 Å². The van der Waals surface area contributed by atoms with Crippen molar-refractivity contribution in [2.45, 2.75) is 6.54 Å². The average Bonchev–Trinajstić information content (AvgIpc) is 2.68. The highest BCUT2D eigenvalue weighted by atomic mass is 16.4. The Bertz CT molecular complexity index is 467. The fourth-order valence-corrected chi connectivity index (χ4v) is 1.05. The third-order valence-electron chi connectivity index (χ3n) is 1.70. The molecule has 1 N–H and O–H groups in total. The second-order valence-corrected chi connectivity index (χ2v) is 2.80. The molecule has 0 aliphatic carbocycles. The van der Waals surface area contributed by atoms with E-state index in [1.807, 2.05) is 0 Å². The lowest BCUT2D eigenvalue weighted by Gasteiger charge is -1.97. The van der Waals surface area contributed by atoms with Crippen molar-refractivity contribution in [3.63, 3.8) is 0 Å². The van der Waals surface area contributed by atoms with Crippen molar-refractivity contribution >= 4 is 5.97 Å². The average molecular weight is 205 g/mol. The maximum Gasteiger partial charge on any atom is 0.358 e. The van der Waals surface area contributed by atoms with Crippen LogP contribution in [0.5, 0.6) is 0 Å². The van der Waals surface area contributed by atoms with E-state index >= 15 is 0 Å². The Morgan fingerprint density at radius 3 is 2.93 bits per heavy atom. The Labute approximate surface area is 84.4 Å². The maximum absolute atomic E-state index is 10.5. The van der Waals surface area contributed by atoms with Gasteiger partial charge in [0.05, 0.1) is 24.6 Å². The van der Waals surface area contributed by atoms with Gasteiger partial charge in [0.2, 0.25) is 0 Å². The molecule has 2 aromatic heterocycles. The Morgan fingerprint density at radius 2 is 2.33 bits per heavy atom. The third kappa shape index (κ3) is 2.13. The van der Waals surface area contributed by atoms with Gasteiger partial charge in [0, 0.05) is 12.4 Å². The van der Waals surface area contributed by atoms with Gasteiger partial charge < -0.3 is 5.11 Å². The molecule has 0 atom stereocenters. The van der Waals surface area contributed by atoms with Crippen molar-refractivity contribution in [1.82, 2.24) is 25.0 Å². The molecule has 15 heavy (non-hydrogen) atoms. The van der Waals surface area contributed by atoms with Crippen molar-refractivity contribution in [3.8, 4) is 0 Å². The molecule has 0 unspecified atom stereocenters. The topological polar surface area (TPSA) is 93.8 Å². The molecule has 0 bridgehead atoms. The van der Waals surface area contributed by atoms with Crippen LogP contribution in [0.25, 0.3) is 0 Å². The summed E-state index contributed by atoms with van der Waals surface area (Å²) in [7, 11) is 0. The summed E-state index contributed by atoms with van der Waals surface area (Å²) in [5, 5.41) is 15.7. The largest absolute Gasteiger partial charge is 0.476 e. The first-order valence-electron chi connectivity index (χ1n) is 4.14. The number of rotatable bonds is 3. The number of aromatic carboxylic acids is 1. The van der Waals surface area contributed by atoms with Crippen LogP contribution in [0.4, 0.5) is 0 Å². The second kappa shape index (κ2) is 3.82. The summed E-state index contributed by atoms with van der Waals surface area (Å²) in [6.07, 6.45) is 6.05. The van der Waals surface area contributed by atoms with Gasteiger partial charge in [-0.25, -0.2) is 9.48 Å². The van der Waals surface area contributed by atoms with Crippen LogP contribution in [0.1, 0.15) is 16.2 Å². The molecule has 0 radical (unpaired) electrons. The molecule has 2 rings (SSSR count). The predicted octanol–water partition coefficient (Wildman–Crippen LogP) is -0.185. The molecule has 7 heteroatoms. The summed E-state index contributed by atoms with van der Waals surface area (Å²) in [5.74, 6) is -1.10. The van der Waals surface area contributed by atoms with E-state index in [9.17, 15) is 4.79 Å². The molecular formula is C8H7N5O2. The van der Waals surface area contributed by atoms with Crippen LogP contribution in [0, 0.1) is 0 Å². The molecule has 2 aromatic rings. The first-order valence-corrected chi connectivity index (χ1v) is 4.14. The zero-order valence-electron chi connectivity index (χ0n) is 7.61. The zero-order chi connectivity index (χ0) is 10.7. The van der Waals surface area contributed by atoms with Gasteiger partial charge >= 0.3 is 5.97 Å². The van der Waals surface area contributed by atoms with Crippen LogP contribution in [0.2, 0.25) is 0 Å². The molecule has 0 saturated heterocycles. The fraction of sp³-hybridized carbons (Fsp3) is 0.125. The minimum Gasteiger partial charge on any atom is -0.476 e. The number of carboxylic acids is 1. The summed E-state index contributed by atoms with van der Waals surface area (Å²) in [4.78, 5) is 18.4. The SMILES string of the molecule is O=C(O)c1cn(Cc2cnccn2)nn1. The number of nitrogens with zero attached hydrogens (tertiary/aromatic N) is 5. The van der Waals surface area contributed by atoms with E-state index in [0.29, 0.717) is 12.2 Å². The van der Waals surface area contributed by atoms with Crippen LogP contribution in [-0.2, 0) is 6.54 Å². The van der Waals surface area contributed by atoms with E-state index in [1.54, 1.807) is 18.6 Å². The maximum atomic E-state index is 10.5. The standard InChI is InChI=1S/C8H7N5O2/c14-8(15)7-5-13(12-11-7)4-6-3-9-1-2-10-6/h1-3,5H,4H2,(H,14,15). The summed E-state index contributed by atoms with van der Waals surface area (Å²) in [6, 6.07) is 0. The molecule has 0 spiro atoms. The minimum absolute atomic E-state index is 0.0844. The lowest BCUT2D eigenvalue weighted by Crippen LogP contribution is -2.02. The molecule has 0 aliphatic heterocycles. The first-order chi connectivity index (χ1) is 7.25. The van der Waals surface area contributed by atoms with Crippen molar-refractivity contribution in [1.29, 1.82) is 0 Å². The van der Waals surface area contributed by atoms with Crippen molar-refractivity contribution < 1.29 is 9.90 Å². The van der Waals surface area contributed by atoms with Crippen LogP contribution in [0.3, 0.4) is 0 Å². The molecule has 0 fully saturated rings. The lowest BCUT2D eigenvalue weighted by molar-refractivity contribution is 0.0690. The van der Waals surface area contributed by atoms with Gasteiger partial charge in [-0.15, -0.1) is 5.10 Å². The predicted molar refractivity (Wildman–Crippen MR) is 48.1 cm³/mol. The molecule has 0 saturated carbocycles. The fourth-order valence-electron chi connectivity index (χ4n) is 1.05. The lowest BCUT2D eigenvalue weighted by atomic mass is 10.4. The number of carbonyl (C=O) groups is 1. The van der Waals surface area contributed by atoms with Crippen LogP contribution < -0.4 is 0 Å². The van der Waals surface area contributed by atoms with Gasteiger partial charge in [-0.1, -0.05) is 5.21 Å². The smallest absolute Gasteiger partial charge is 0.358 e. The van der Waals surface area contributed by atoms with Gasteiger partial charge in [-0.2, -0.15) is 0 Å². The molecule has 7 nitrogen and oxygen atoms in total. The Kier molecular flexibility index (Phi) is 2.36. The van der Waals surface area contributed by atoms with Gasteiger partial charge in [-0.3, -0.25) is 9.97 Å². The van der Waals surface area contributed by atoms with Gasteiger partial charge in [0.1, 0.15) is 0 Å². The van der Waals surface area contributed by atoms with Crippen molar-refractivity contribution in [3.05, 3.63) is 36.2 Å². The molecular weight excluding hydrogens is 198 g/mol. The molecule has 2 heterocycles. The quantitative estimate of drug-likeness (QED) is 0.746. The number of hydrogen-bond donors (Lipinski definition) is 1. The molecule has 0 aliphatic rings. The van der Waals surface area contributed by atoms with Crippen LogP contribution in [-0.4, -0.2) is 36.0 Å². The van der Waals surface area contributed by atoms with E-state index in [4.69, 9.17) is 5.11 Å². The monoisotopic (exact) mass is 205 g/mol. The van der Waals surface area contributed by atoms with Gasteiger partial charge in [0.25, 0.3) is 0 Å².